The topological polar surface area (TPSA) is 538 Å². The van der Waals surface area contributed by atoms with Crippen molar-refractivity contribution in [2.24, 2.45) is 0 Å². The van der Waals surface area contributed by atoms with Crippen LogP contribution in [0.3, 0.4) is 0 Å². The Labute approximate surface area is 426 Å². The molecule has 1 atom stereocenters. The summed E-state index contributed by atoms with van der Waals surface area (Å²) in [6, 6.07) is -1.52. The molecule has 0 N–H and O–H groups in total. The Bertz CT molecular complexity index is 2940. The largest absolute Gasteiger partial charge is 0.574 e. The van der Waals surface area contributed by atoms with Gasteiger partial charge in [-0.1, -0.05) is 0 Å². The predicted molar refractivity (Wildman–Crippen MR) is 231 cm³/mol. The standard InChI is InChI=1S/C4H9F3O32Si32/c1-71(3-2-4(5,6)7,70(38)69(37)68(36)50(18)47(15)44(12)41-9)39-42(10)45(13)48(16)51(19)53(21)55(23)57(25)59(27)61(29)63(31)65(33)67(35)66(34)64(32)62(30)60(28)58(26)56(24)54(22)52(20)49(17)46(14)43(11)40-8/h40-41H,2-3H2,1H3. The number of hydrogen-bond acceptors (Lipinski definition) is 32. The van der Waals surface area contributed by atoms with Crippen molar-refractivity contribution >= 4 is 250 Å². The van der Waals surface area contributed by atoms with Crippen LogP contribution >= 0.6 is 0 Å². The first kappa shape index (κ1) is 71.3. The first-order valence-electron chi connectivity index (χ1n) is 16.7. The fourth-order valence-electron chi connectivity index (χ4n) is 3.77. The van der Waals surface area contributed by atoms with Crippen LogP contribution in [0.1, 0.15) is 6.42 Å². The van der Waals surface area contributed by atoms with E-state index in [4.69, 9.17) is 4.12 Å². The van der Waals surface area contributed by atoms with Gasteiger partial charge >= 0.3 is 249 Å². The normalized spacial score (nSPS) is 11.1. The second kappa shape index (κ2) is 31.1. The van der Waals surface area contributed by atoms with Crippen LogP contribution in [-0.4, -0.2) is 256 Å². The lowest BCUT2D eigenvalue weighted by Crippen LogP contribution is -2.60. The molecule has 0 heterocycles. The second-order valence-electron chi connectivity index (χ2n) is 12.3. The number of rotatable bonds is 34. The van der Waals surface area contributed by atoms with E-state index >= 15 is 0 Å². The Balaban J connectivity index is 6.18. The summed E-state index contributed by atoms with van der Waals surface area (Å²) >= 11 is 0. The number of halogens is 3. The summed E-state index contributed by atoms with van der Waals surface area (Å²) in [4.78, 5) is 0. The molecule has 67 heteroatoms. The molecule has 1 unspecified atom stereocenters. The lowest BCUT2D eigenvalue weighted by Gasteiger charge is -2.24. The molecule has 0 aromatic carbocycles. The summed E-state index contributed by atoms with van der Waals surface area (Å²) in [5.74, 6) is 0. The molecule has 0 aliphatic carbocycles. The van der Waals surface area contributed by atoms with Crippen molar-refractivity contribution < 1.29 is 156 Å². The van der Waals surface area contributed by atoms with Gasteiger partial charge in [0.25, 0.3) is 7.83 Å². The molecular weight excluding hydrogens is 1520 g/mol. The van der Waals surface area contributed by atoms with E-state index in [0.717, 1.165) is 0 Å². The van der Waals surface area contributed by atoms with Crippen LogP contribution in [0.4, 0.5) is 13.2 Å². The lowest BCUT2D eigenvalue weighted by atomic mass is 10.5. The lowest BCUT2D eigenvalue weighted by molar-refractivity contribution is -0.131. The predicted octanol–water partition coefficient (Wildman–Crippen LogP) is -14.0. The third-order valence-electron chi connectivity index (χ3n) is 7.48. The second-order valence-corrected chi connectivity index (χ2v) is 161. The molecule has 366 valence electrons. The zero-order chi connectivity index (χ0) is 56.3. The van der Waals surface area contributed by atoms with Crippen molar-refractivity contribution in [3.63, 3.8) is 0 Å². The monoisotopic (exact) mass is 1520 g/mol. The highest BCUT2D eigenvalue weighted by Crippen LogP contribution is 2.27. The van der Waals surface area contributed by atoms with Crippen molar-refractivity contribution in [3.05, 3.63) is 0 Å². The third-order valence-corrected chi connectivity index (χ3v) is 239. The average molecular weight is 1520 g/mol. The Morgan fingerprint density at radius 3 is 0.704 bits per heavy atom. The average Bonchev–Trinajstić information content (AvgIpc) is 3.35. The van der Waals surface area contributed by atoms with E-state index in [1.807, 2.05) is 0 Å². The summed E-state index contributed by atoms with van der Waals surface area (Å²) < 4.78 is 429. The molecule has 0 aromatic rings. The number of hydrogen-bond donors (Lipinski definition) is 0. The highest BCUT2D eigenvalue weighted by molar-refractivity contribution is 7.83. The maximum absolute atomic E-state index is 13.2. The number of alkyl halides is 3. The molecule has 0 fully saturated rings. The summed E-state index contributed by atoms with van der Waals surface area (Å²) in [6.07, 6.45) is -7.18. The molecule has 0 bridgehead atoms. The van der Waals surface area contributed by atoms with E-state index in [2.05, 4.69) is 0 Å². The molecule has 0 amide bonds. The fourth-order valence-corrected chi connectivity index (χ4v) is 338. The molecule has 71 heavy (non-hydrogen) atoms. The van der Waals surface area contributed by atoms with E-state index in [-0.39, 0.29) is 0 Å². The highest BCUT2D eigenvalue weighted by atomic mass is 30.1. The molecular formula is C4H9F3O32Si32. The van der Waals surface area contributed by atoms with Crippen LogP contribution in [0.25, 0.3) is 0 Å². The summed E-state index contributed by atoms with van der Waals surface area (Å²) in [7, 11) is -140. The van der Waals surface area contributed by atoms with Crippen LogP contribution in [-0.2, 0) is 142 Å². The van der Waals surface area contributed by atoms with Gasteiger partial charge in [-0.15, -0.1) is 0 Å². The van der Waals surface area contributed by atoms with Crippen LogP contribution in [0.15, 0.2) is 0 Å². The summed E-state index contributed by atoms with van der Waals surface area (Å²) in [5.41, 5.74) is 0. The van der Waals surface area contributed by atoms with Gasteiger partial charge in [-0.2, -0.15) is 13.2 Å². The quantitative estimate of drug-likeness (QED) is 0.0540. The van der Waals surface area contributed by atoms with Gasteiger partial charge in [0, 0.05) is 6.42 Å². The molecule has 0 rings (SSSR count). The molecule has 0 spiro atoms. The molecule has 0 saturated carbocycles. The van der Waals surface area contributed by atoms with Gasteiger partial charge in [-0.05, 0) is 12.6 Å². The van der Waals surface area contributed by atoms with Crippen molar-refractivity contribution in [1.82, 2.24) is 0 Å². The van der Waals surface area contributed by atoms with Crippen LogP contribution < -0.4 is 0 Å². The first-order valence-corrected chi connectivity index (χ1v) is 92.6. The van der Waals surface area contributed by atoms with Gasteiger partial charge in [0.1, 0.15) is 0 Å². The van der Waals surface area contributed by atoms with Crippen molar-refractivity contribution in [2.75, 3.05) is 0 Å². The van der Waals surface area contributed by atoms with E-state index in [1.165, 1.54) is 0 Å². The Kier molecular flexibility index (Phi) is 31.2. The molecule has 32 nitrogen and oxygen atoms in total. The molecule has 0 radical (unpaired) electrons. The van der Waals surface area contributed by atoms with E-state index in [0.29, 0.717) is 6.55 Å². The molecule has 0 aromatic heterocycles. The Morgan fingerprint density at radius 2 is 0.507 bits per heavy atom. The zero-order valence-corrected chi connectivity index (χ0v) is 65.6. The van der Waals surface area contributed by atoms with Gasteiger partial charge in [-0.3, -0.25) is 0 Å². The van der Waals surface area contributed by atoms with E-state index in [1.54, 1.807) is 0 Å². The Hall–Kier alpha value is 0.330. The maximum atomic E-state index is 13.2. The highest BCUT2D eigenvalue weighted by Gasteiger charge is 2.59. The zero-order valence-electron chi connectivity index (χ0n) is 33.3. The smallest absolute Gasteiger partial charge is 0.532 e. The SMILES string of the molecule is C[Si](CCC(F)(F)F)(O[Si](=O)[Si](=O)[Si](=O)[Si](=O)[Si](=O)[Si](=O)[Si](=O)[Si](=O)[Si](=O)[Si](=O)[Si](=O)[Si](=O)[Si](=O)[Si](=O)[Si](=O)[Si](=O)[Si](=O)[Si](=O)[Si](=O)[Si](=O)[Si](=O)[Si](=O)[Si](=O)[SiH]=O)[Si](=O)[Si](=O)[Si](=O)[Si](=O)[Si](=O)[Si](=O)[SiH]=O. The van der Waals surface area contributed by atoms with Crippen LogP contribution in [0.5, 0.6) is 0 Å². The molecule has 0 aliphatic rings. The summed E-state index contributed by atoms with van der Waals surface area (Å²) in [5, 5.41) is 0. The minimum absolute atomic E-state index is 0.476. The van der Waals surface area contributed by atoms with Gasteiger partial charge in [0.05, 0.1) is 0 Å². The summed E-state index contributed by atoms with van der Waals surface area (Å²) in [6.45, 7) is 0.476. The van der Waals surface area contributed by atoms with Crippen molar-refractivity contribution in [2.45, 2.75) is 25.2 Å². The minimum Gasteiger partial charge on any atom is -0.574 e. The van der Waals surface area contributed by atoms with Crippen LogP contribution in [0, 0.1) is 0 Å². The maximum Gasteiger partial charge on any atom is 0.532 e. The van der Waals surface area contributed by atoms with Crippen LogP contribution in [0.2, 0.25) is 12.6 Å². The van der Waals surface area contributed by atoms with Gasteiger partial charge < -0.3 is 142 Å². The third kappa shape index (κ3) is 19.3. The van der Waals surface area contributed by atoms with Crippen molar-refractivity contribution in [3.8, 4) is 0 Å². The molecule has 0 aliphatic heterocycles. The van der Waals surface area contributed by atoms with Gasteiger partial charge in [-0.25, -0.2) is 0 Å². The van der Waals surface area contributed by atoms with Gasteiger partial charge in [0.15, 0.2) is 0 Å². The van der Waals surface area contributed by atoms with E-state index < -0.39 is 269 Å². The Morgan fingerprint density at radius 1 is 0.324 bits per heavy atom. The van der Waals surface area contributed by atoms with Gasteiger partial charge in [0.2, 0.25) is 0 Å². The fraction of sp³-hybridized carbons (Fsp3) is 1.00. The van der Waals surface area contributed by atoms with E-state index in [9.17, 15) is 151 Å². The minimum atomic E-state index is -5.18. The molecule has 0 saturated heterocycles. The first-order chi connectivity index (χ1) is 32.2. The van der Waals surface area contributed by atoms with Crippen molar-refractivity contribution in [1.29, 1.82) is 0 Å².